The van der Waals surface area contributed by atoms with Crippen LogP contribution < -0.4 is 4.57 Å². The largest absolute Gasteiger partial charge is 0.250 e. The van der Waals surface area contributed by atoms with Crippen LogP contribution >= 0.6 is 0 Å². The summed E-state index contributed by atoms with van der Waals surface area (Å²) in [6.07, 6.45) is 5.93. The average molecular weight is 235 g/mol. The number of H-pyrrole nitrogens is 1. The Morgan fingerprint density at radius 1 is 0.833 bits per heavy atom. The fourth-order valence-corrected chi connectivity index (χ4v) is 2.06. The Bertz CT molecular complexity index is 595. The Morgan fingerprint density at radius 2 is 1.56 bits per heavy atom. The average Bonchev–Trinajstić information content (AvgIpc) is 2.94. The molecule has 1 N–H and O–H groups in total. The monoisotopic (exact) mass is 235 g/mol. The molecule has 0 aliphatic heterocycles. The van der Waals surface area contributed by atoms with Gasteiger partial charge in [0.25, 0.3) is 0 Å². The lowest BCUT2D eigenvalue weighted by atomic mass is 10.0. The van der Waals surface area contributed by atoms with Crippen molar-refractivity contribution in [3.05, 3.63) is 78.9 Å². The number of benzene rings is 2. The van der Waals surface area contributed by atoms with Crippen molar-refractivity contribution < 1.29 is 4.57 Å². The molecule has 3 rings (SSSR count). The number of hydrogen-bond donors (Lipinski definition) is 1. The molecule has 0 aliphatic carbocycles. The summed E-state index contributed by atoms with van der Waals surface area (Å²) in [6, 6.07) is 19.2. The van der Waals surface area contributed by atoms with E-state index in [0.717, 1.165) is 6.54 Å². The summed E-state index contributed by atoms with van der Waals surface area (Å²) in [5, 5.41) is 0. The molecule has 0 saturated carbocycles. The smallest absolute Gasteiger partial charge is 0.241 e. The van der Waals surface area contributed by atoms with Crippen LogP contribution in [0.4, 0.5) is 0 Å². The highest BCUT2D eigenvalue weighted by Crippen LogP contribution is 2.18. The molecule has 0 atom stereocenters. The second-order valence-electron chi connectivity index (χ2n) is 4.35. The third kappa shape index (κ3) is 2.33. The SMILES string of the molecule is c1ccc(-c2ccc(C[n+]3cc[nH]c3)cc2)cc1. The second kappa shape index (κ2) is 4.88. The number of hydrogen-bond acceptors (Lipinski definition) is 0. The van der Waals surface area contributed by atoms with Gasteiger partial charge in [-0.25, -0.2) is 4.57 Å². The summed E-state index contributed by atoms with van der Waals surface area (Å²) < 4.78 is 2.12. The van der Waals surface area contributed by atoms with Crippen molar-refractivity contribution in [3.8, 4) is 11.1 Å². The van der Waals surface area contributed by atoms with Gasteiger partial charge < -0.3 is 0 Å². The van der Waals surface area contributed by atoms with E-state index in [1.807, 2.05) is 24.8 Å². The first-order chi connectivity index (χ1) is 8.92. The Labute approximate surface area is 107 Å². The maximum Gasteiger partial charge on any atom is 0.241 e. The van der Waals surface area contributed by atoms with Gasteiger partial charge in [0.15, 0.2) is 0 Å². The first-order valence-electron chi connectivity index (χ1n) is 6.08. The normalized spacial score (nSPS) is 10.4. The fourth-order valence-electron chi connectivity index (χ4n) is 2.06. The summed E-state index contributed by atoms with van der Waals surface area (Å²) in [7, 11) is 0. The minimum absolute atomic E-state index is 0.901. The summed E-state index contributed by atoms with van der Waals surface area (Å²) in [5.74, 6) is 0. The lowest BCUT2D eigenvalue weighted by molar-refractivity contribution is -0.687. The third-order valence-corrected chi connectivity index (χ3v) is 3.03. The van der Waals surface area contributed by atoms with E-state index >= 15 is 0 Å². The topological polar surface area (TPSA) is 19.7 Å². The van der Waals surface area contributed by atoms with Gasteiger partial charge in [-0.1, -0.05) is 54.6 Å². The van der Waals surface area contributed by atoms with Crippen LogP contribution in [-0.4, -0.2) is 4.98 Å². The lowest BCUT2D eigenvalue weighted by Gasteiger charge is -2.03. The Kier molecular flexibility index (Phi) is 2.92. The number of aromatic nitrogens is 2. The van der Waals surface area contributed by atoms with Gasteiger partial charge in [0.2, 0.25) is 6.33 Å². The Hall–Kier alpha value is -2.35. The van der Waals surface area contributed by atoms with Crippen LogP contribution in [-0.2, 0) is 6.54 Å². The molecular formula is C16H15N2+. The van der Waals surface area contributed by atoms with E-state index in [1.54, 1.807) is 0 Å². The Balaban J connectivity index is 1.81. The van der Waals surface area contributed by atoms with Crippen LogP contribution in [0.2, 0.25) is 0 Å². The number of nitrogens with zero attached hydrogens (tertiary/aromatic N) is 1. The van der Waals surface area contributed by atoms with Crippen molar-refractivity contribution in [1.82, 2.24) is 4.98 Å². The van der Waals surface area contributed by atoms with Gasteiger partial charge in [-0.3, -0.25) is 4.98 Å². The molecule has 2 aromatic carbocycles. The van der Waals surface area contributed by atoms with Crippen LogP contribution in [0, 0.1) is 0 Å². The zero-order valence-corrected chi connectivity index (χ0v) is 10.1. The van der Waals surface area contributed by atoms with Crippen LogP contribution in [0.25, 0.3) is 11.1 Å². The van der Waals surface area contributed by atoms with Crippen LogP contribution in [0.1, 0.15) is 5.56 Å². The van der Waals surface area contributed by atoms with Crippen molar-refractivity contribution in [1.29, 1.82) is 0 Å². The van der Waals surface area contributed by atoms with Gasteiger partial charge in [0.05, 0.1) is 0 Å². The minimum Gasteiger partial charge on any atom is -0.250 e. The van der Waals surface area contributed by atoms with Crippen molar-refractivity contribution in [2.24, 2.45) is 0 Å². The summed E-state index contributed by atoms with van der Waals surface area (Å²) in [6.45, 7) is 0.901. The molecule has 0 aliphatic rings. The van der Waals surface area contributed by atoms with E-state index in [-0.39, 0.29) is 0 Å². The molecule has 3 aromatic rings. The quantitative estimate of drug-likeness (QED) is 0.673. The standard InChI is InChI=1S/C16H14N2/c1-2-4-15(5-3-1)16-8-6-14(7-9-16)12-18-11-10-17-13-18/h1-11,13H,12H2/p+1. The summed E-state index contributed by atoms with van der Waals surface area (Å²) in [4.78, 5) is 3.05. The molecule has 0 bridgehead atoms. The van der Waals surface area contributed by atoms with E-state index in [2.05, 4.69) is 58.1 Å². The predicted molar refractivity (Wildman–Crippen MR) is 72.0 cm³/mol. The molecule has 1 aromatic heterocycles. The van der Waals surface area contributed by atoms with E-state index < -0.39 is 0 Å². The van der Waals surface area contributed by atoms with Crippen molar-refractivity contribution in [3.63, 3.8) is 0 Å². The zero-order valence-electron chi connectivity index (χ0n) is 10.1. The van der Waals surface area contributed by atoms with Crippen LogP contribution in [0.5, 0.6) is 0 Å². The lowest BCUT2D eigenvalue weighted by Crippen LogP contribution is -2.30. The first kappa shape index (κ1) is 10.8. The fraction of sp³-hybridized carbons (Fsp3) is 0.0625. The molecule has 88 valence electrons. The molecule has 1 heterocycles. The molecule has 0 saturated heterocycles. The van der Waals surface area contributed by atoms with Gasteiger partial charge in [0, 0.05) is 0 Å². The minimum atomic E-state index is 0.901. The molecule has 18 heavy (non-hydrogen) atoms. The number of rotatable bonds is 3. The van der Waals surface area contributed by atoms with Gasteiger partial charge in [-0.2, -0.15) is 0 Å². The highest BCUT2D eigenvalue weighted by atomic mass is 15.0. The van der Waals surface area contributed by atoms with Gasteiger partial charge >= 0.3 is 0 Å². The van der Waals surface area contributed by atoms with Crippen molar-refractivity contribution >= 4 is 0 Å². The summed E-state index contributed by atoms with van der Waals surface area (Å²) in [5.41, 5.74) is 3.83. The Morgan fingerprint density at radius 3 is 2.22 bits per heavy atom. The van der Waals surface area contributed by atoms with Crippen molar-refractivity contribution in [2.75, 3.05) is 0 Å². The highest BCUT2D eigenvalue weighted by Gasteiger charge is 2.01. The van der Waals surface area contributed by atoms with Gasteiger partial charge in [-0.15, -0.1) is 0 Å². The molecule has 2 heteroatoms. The van der Waals surface area contributed by atoms with E-state index in [9.17, 15) is 0 Å². The molecule has 0 amide bonds. The zero-order chi connectivity index (χ0) is 12.2. The van der Waals surface area contributed by atoms with Gasteiger partial charge in [-0.05, 0) is 16.7 Å². The number of imidazole rings is 1. The molecule has 0 fully saturated rings. The maximum absolute atomic E-state index is 3.05. The van der Waals surface area contributed by atoms with Crippen molar-refractivity contribution in [2.45, 2.75) is 6.54 Å². The summed E-state index contributed by atoms with van der Waals surface area (Å²) >= 11 is 0. The third-order valence-electron chi connectivity index (χ3n) is 3.03. The number of aromatic amines is 1. The highest BCUT2D eigenvalue weighted by molar-refractivity contribution is 5.63. The number of nitrogens with one attached hydrogen (secondary N) is 1. The molecular weight excluding hydrogens is 220 g/mol. The predicted octanol–water partition coefficient (Wildman–Crippen LogP) is 3.02. The molecule has 0 unspecified atom stereocenters. The van der Waals surface area contributed by atoms with Crippen LogP contribution in [0.3, 0.4) is 0 Å². The van der Waals surface area contributed by atoms with Crippen LogP contribution in [0.15, 0.2) is 73.3 Å². The van der Waals surface area contributed by atoms with E-state index in [4.69, 9.17) is 0 Å². The van der Waals surface area contributed by atoms with Gasteiger partial charge in [0.1, 0.15) is 18.9 Å². The molecule has 0 spiro atoms. The first-order valence-corrected chi connectivity index (χ1v) is 6.08. The second-order valence-corrected chi connectivity index (χ2v) is 4.35. The van der Waals surface area contributed by atoms with E-state index in [0.29, 0.717) is 0 Å². The molecule has 2 nitrogen and oxygen atoms in total. The molecule has 0 radical (unpaired) electrons. The maximum atomic E-state index is 3.05. The van der Waals surface area contributed by atoms with E-state index in [1.165, 1.54) is 16.7 Å².